The number of allylic oxidation sites excluding steroid dienone is 14. The average molecular weight is 1060 g/mol. The number of hydrogen-bond acceptors (Lipinski definition) is 5. The summed E-state index contributed by atoms with van der Waals surface area (Å²) in [7, 11) is 0. The van der Waals surface area contributed by atoms with Gasteiger partial charge in [0, 0.05) is 12.8 Å². The monoisotopic (exact) mass is 1060 g/mol. The van der Waals surface area contributed by atoms with E-state index in [-0.39, 0.29) is 25.2 Å². The molecule has 0 aromatic carbocycles. The molecule has 0 rings (SSSR count). The van der Waals surface area contributed by atoms with Gasteiger partial charge in [-0.2, -0.15) is 0 Å². The Kier molecular flexibility index (Phi) is 63.8. The molecule has 0 spiro atoms. The molecule has 1 N–H and O–H groups in total. The van der Waals surface area contributed by atoms with Gasteiger partial charge in [-0.15, -0.1) is 0 Å². The molecular formula is C71H126O5. The Hall–Kier alpha value is -2.92. The number of unbranched alkanes of at least 4 members (excludes halogenated alkanes) is 39. The number of ether oxygens (including phenoxy) is 2. The number of aliphatic hydroxyl groups is 1. The van der Waals surface area contributed by atoms with Crippen LogP contribution in [-0.4, -0.2) is 36.4 Å². The van der Waals surface area contributed by atoms with Crippen molar-refractivity contribution in [1.82, 2.24) is 0 Å². The van der Waals surface area contributed by atoms with Crippen molar-refractivity contribution in [2.75, 3.05) is 13.2 Å². The highest BCUT2D eigenvalue weighted by molar-refractivity contribution is 5.70. The van der Waals surface area contributed by atoms with Crippen LogP contribution in [0, 0.1) is 0 Å². The maximum Gasteiger partial charge on any atom is 0.306 e. The zero-order chi connectivity index (χ0) is 54.8. The summed E-state index contributed by atoms with van der Waals surface area (Å²) in [6, 6.07) is 0. The van der Waals surface area contributed by atoms with E-state index in [1.165, 1.54) is 218 Å². The molecule has 1 unspecified atom stereocenters. The Morgan fingerprint density at radius 2 is 0.566 bits per heavy atom. The Bertz CT molecular complexity index is 1380. The largest absolute Gasteiger partial charge is 0.462 e. The van der Waals surface area contributed by atoms with E-state index in [1.54, 1.807) is 0 Å². The van der Waals surface area contributed by atoms with E-state index in [9.17, 15) is 14.7 Å². The molecule has 0 fully saturated rings. The van der Waals surface area contributed by atoms with Crippen molar-refractivity contribution in [2.45, 2.75) is 341 Å². The first kappa shape index (κ1) is 73.1. The molecule has 76 heavy (non-hydrogen) atoms. The lowest BCUT2D eigenvalue weighted by molar-refractivity contribution is -0.161. The minimum Gasteiger partial charge on any atom is -0.462 e. The molecule has 0 radical (unpaired) electrons. The summed E-state index contributed by atoms with van der Waals surface area (Å²) in [5, 5.41) is 9.67. The van der Waals surface area contributed by atoms with Crippen molar-refractivity contribution < 1.29 is 24.2 Å². The van der Waals surface area contributed by atoms with Crippen molar-refractivity contribution >= 4 is 11.9 Å². The third-order valence-electron chi connectivity index (χ3n) is 14.7. The van der Waals surface area contributed by atoms with Gasteiger partial charge < -0.3 is 14.6 Å². The fourth-order valence-corrected chi connectivity index (χ4v) is 9.73. The van der Waals surface area contributed by atoms with E-state index < -0.39 is 6.10 Å². The molecule has 0 bridgehead atoms. The van der Waals surface area contributed by atoms with E-state index in [1.807, 2.05) is 0 Å². The summed E-state index contributed by atoms with van der Waals surface area (Å²) in [6.07, 6.45) is 93.3. The maximum atomic E-state index is 12.3. The predicted octanol–water partition coefficient (Wildman–Crippen LogP) is 22.9. The number of carbonyl (C=O) groups excluding carboxylic acids is 2. The zero-order valence-corrected chi connectivity index (χ0v) is 50.5. The highest BCUT2D eigenvalue weighted by Gasteiger charge is 2.16. The lowest BCUT2D eigenvalue weighted by Crippen LogP contribution is -2.28. The highest BCUT2D eigenvalue weighted by Crippen LogP contribution is 2.18. The number of carbonyl (C=O) groups is 2. The molecule has 0 amide bonds. The summed E-state index contributed by atoms with van der Waals surface area (Å²) in [6.45, 7) is 4.04. The predicted molar refractivity (Wildman–Crippen MR) is 334 cm³/mol. The van der Waals surface area contributed by atoms with Crippen molar-refractivity contribution in [3.63, 3.8) is 0 Å². The number of aliphatic hydroxyl groups excluding tert-OH is 1. The standard InChI is InChI=1S/C71H126O5/c1-3-5-7-9-11-13-15-17-19-21-23-25-27-28-29-30-31-32-33-34-35-36-37-38-39-40-41-42-44-45-47-49-51-53-55-57-59-61-63-65-70(73)75-68-69(67-72)76-71(74)66-64-62-60-58-56-54-52-50-48-46-43-26-24-22-20-18-16-14-12-10-8-6-4-2/h6,8,12,14,18,20-21,23-24,26,46,48,52,54,69,72H,3-5,7,9-11,13,15-17,19,22,25,27-45,47,49-51,53,55-68H2,1-2H3/b8-6-,14-12-,20-18-,23-21-,26-24-,48-46-,54-52-. The zero-order valence-electron chi connectivity index (χ0n) is 50.5. The van der Waals surface area contributed by atoms with Crippen LogP contribution in [0.1, 0.15) is 335 Å². The van der Waals surface area contributed by atoms with Gasteiger partial charge in [-0.1, -0.05) is 317 Å². The lowest BCUT2D eigenvalue weighted by atomic mass is 10.0. The second kappa shape index (κ2) is 66.4. The summed E-state index contributed by atoms with van der Waals surface area (Å²) in [4.78, 5) is 24.6. The van der Waals surface area contributed by atoms with Gasteiger partial charge >= 0.3 is 11.9 Å². The van der Waals surface area contributed by atoms with Gasteiger partial charge in [0.05, 0.1) is 6.61 Å². The first-order valence-electron chi connectivity index (χ1n) is 33.1. The Balaban J connectivity index is 3.43. The van der Waals surface area contributed by atoms with E-state index >= 15 is 0 Å². The van der Waals surface area contributed by atoms with Gasteiger partial charge in [0.2, 0.25) is 0 Å². The van der Waals surface area contributed by atoms with E-state index in [0.29, 0.717) is 12.8 Å². The molecule has 0 aromatic rings. The normalized spacial score (nSPS) is 12.7. The van der Waals surface area contributed by atoms with Crippen LogP contribution in [0.25, 0.3) is 0 Å². The van der Waals surface area contributed by atoms with Crippen LogP contribution < -0.4 is 0 Å². The van der Waals surface area contributed by atoms with Gasteiger partial charge in [-0.25, -0.2) is 0 Å². The number of rotatable bonds is 61. The molecule has 0 aliphatic carbocycles. The SMILES string of the molecule is CC/C=C\C/C=C\C/C=C\C/C=C\C/C=C\C/C=C\CCCCCCC(=O)OC(CO)COC(=O)CCCCCCCCCCCCCCCCCCCCCCCCCCCCC/C=C\CCCCCCCCCC. The third kappa shape index (κ3) is 63.6. The number of esters is 2. The van der Waals surface area contributed by atoms with Crippen LogP contribution in [0.2, 0.25) is 0 Å². The number of hydrogen-bond donors (Lipinski definition) is 1. The minimum atomic E-state index is -0.791. The minimum absolute atomic E-state index is 0.0775. The molecule has 0 aromatic heterocycles. The Labute approximate surface area is 473 Å². The van der Waals surface area contributed by atoms with Crippen LogP contribution in [0.3, 0.4) is 0 Å². The summed E-state index contributed by atoms with van der Waals surface area (Å²) in [5.41, 5.74) is 0. The van der Waals surface area contributed by atoms with Crippen LogP contribution in [0.15, 0.2) is 85.1 Å². The first-order valence-corrected chi connectivity index (χ1v) is 33.1. The van der Waals surface area contributed by atoms with Gasteiger partial charge in [-0.05, 0) is 89.9 Å². The van der Waals surface area contributed by atoms with Gasteiger partial charge in [0.25, 0.3) is 0 Å². The van der Waals surface area contributed by atoms with E-state index in [0.717, 1.165) is 89.9 Å². The fraction of sp³-hybridized carbons (Fsp3) is 0.775. The van der Waals surface area contributed by atoms with Crippen LogP contribution >= 0.6 is 0 Å². The molecule has 5 nitrogen and oxygen atoms in total. The first-order chi connectivity index (χ1) is 37.6. The van der Waals surface area contributed by atoms with Crippen LogP contribution in [-0.2, 0) is 19.1 Å². The molecule has 0 aliphatic rings. The highest BCUT2D eigenvalue weighted by atomic mass is 16.6. The van der Waals surface area contributed by atoms with Crippen molar-refractivity contribution in [2.24, 2.45) is 0 Å². The molecule has 0 heterocycles. The molecule has 0 saturated carbocycles. The third-order valence-corrected chi connectivity index (χ3v) is 14.7. The quantitative estimate of drug-likeness (QED) is 0.0373. The Morgan fingerprint density at radius 3 is 0.868 bits per heavy atom. The second-order valence-corrected chi connectivity index (χ2v) is 22.2. The van der Waals surface area contributed by atoms with Crippen molar-refractivity contribution in [1.29, 1.82) is 0 Å². The van der Waals surface area contributed by atoms with E-state index in [2.05, 4.69) is 98.9 Å². The van der Waals surface area contributed by atoms with Crippen molar-refractivity contribution in [3.8, 4) is 0 Å². The summed E-state index contributed by atoms with van der Waals surface area (Å²) < 4.78 is 10.7. The lowest BCUT2D eigenvalue weighted by Gasteiger charge is -2.15. The van der Waals surface area contributed by atoms with Crippen LogP contribution in [0.4, 0.5) is 0 Å². The topological polar surface area (TPSA) is 72.8 Å². The van der Waals surface area contributed by atoms with Crippen molar-refractivity contribution in [3.05, 3.63) is 85.1 Å². The molecule has 440 valence electrons. The Morgan fingerprint density at radius 1 is 0.316 bits per heavy atom. The van der Waals surface area contributed by atoms with Gasteiger partial charge in [0.1, 0.15) is 6.61 Å². The van der Waals surface area contributed by atoms with Gasteiger partial charge in [-0.3, -0.25) is 9.59 Å². The summed E-state index contributed by atoms with van der Waals surface area (Å²) in [5.74, 6) is -0.611. The maximum absolute atomic E-state index is 12.3. The molecule has 5 heteroatoms. The van der Waals surface area contributed by atoms with Crippen LogP contribution in [0.5, 0.6) is 0 Å². The smallest absolute Gasteiger partial charge is 0.306 e. The van der Waals surface area contributed by atoms with Gasteiger partial charge in [0.15, 0.2) is 6.10 Å². The second-order valence-electron chi connectivity index (χ2n) is 22.2. The fourth-order valence-electron chi connectivity index (χ4n) is 9.73. The molecule has 1 atom stereocenters. The molecule has 0 aliphatic heterocycles. The summed E-state index contributed by atoms with van der Waals surface area (Å²) >= 11 is 0. The molecular weight excluding hydrogens is 933 g/mol. The molecule has 0 saturated heterocycles. The average Bonchev–Trinajstić information content (AvgIpc) is 3.42. The van der Waals surface area contributed by atoms with E-state index in [4.69, 9.17) is 9.47 Å².